The van der Waals surface area contributed by atoms with E-state index in [4.69, 9.17) is 0 Å². The van der Waals surface area contributed by atoms with Crippen molar-refractivity contribution in [3.8, 4) is 0 Å². The van der Waals surface area contributed by atoms with Crippen molar-refractivity contribution in [3.63, 3.8) is 0 Å². The molecular formula is C21H25N3O. The van der Waals surface area contributed by atoms with Gasteiger partial charge in [-0.25, -0.2) is 0 Å². The van der Waals surface area contributed by atoms with Crippen LogP contribution in [0.5, 0.6) is 0 Å². The number of rotatable bonds is 2. The summed E-state index contributed by atoms with van der Waals surface area (Å²) < 4.78 is 0. The molecule has 25 heavy (non-hydrogen) atoms. The predicted molar refractivity (Wildman–Crippen MR) is 99.5 cm³/mol. The molecule has 0 spiro atoms. The molecule has 0 radical (unpaired) electrons. The highest BCUT2D eigenvalue weighted by Crippen LogP contribution is 2.39. The van der Waals surface area contributed by atoms with Gasteiger partial charge in [0.2, 0.25) is 5.91 Å². The van der Waals surface area contributed by atoms with Crippen molar-refractivity contribution in [2.24, 2.45) is 17.8 Å². The van der Waals surface area contributed by atoms with E-state index < -0.39 is 0 Å². The summed E-state index contributed by atoms with van der Waals surface area (Å²) in [5, 5.41) is 1.19. The second kappa shape index (κ2) is 6.01. The van der Waals surface area contributed by atoms with Crippen molar-refractivity contribution in [2.75, 3.05) is 31.1 Å². The molecule has 3 aliphatic rings. The fraction of sp³-hybridized carbons (Fsp3) is 0.524. The predicted octanol–water partition coefficient (Wildman–Crippen LogP) is 3.32. The van der Waals surface area contributed by atoms with Crippen molar-refractivity contribution in [2.45, 2.75) is 25.7 Å². The summed E-state index contributed by atoms with van der Waals surface area (Å²) >= 11 is 0. The summed E-state index contributed by atoms with van der Waals surface area (Å²) in [7, 11) is 0. The van der Waals surface area contributed by atoms with Gasteiger partial charge in [0.15, 0.2) is 0 Å². The van der Waals surface area contributed by atoms with Crippen LogP contribution in [0, 0.1) is 17.8 Å². The summed E-state index contributed by atoms with van der Waals surface area (Å²) in [6, 6.07) is 10.4. The molecule has 3 atom stereocenters. The zero-order valence-electron chi connectivity index (χ0n) is 14.6. The van der Waals surface area contributed by atoms with E-state index in [1.165, 1.54) is 30.3 Å². The highest BCUT2D eigenvalue weighted by molar-refractivity contribution is 5.92. The van der Waals surface area contributed by atoms with Gasteiger partial charge in [-0.15, -0.1) is 0 Å². The Labute approximate surface area is 148 Å². The van der Waals surface area contributed by atoms with Crippen LogP contribution in [-0.4, -0.2) is 42.0 Å². The number of nitrogens with zero attached hydrogens (tertiary/aromatic N) is 3. The molecule has 2 saturated heterocycles. The van der Waals surface area contributed by atoms with Crippen LogP contribution in [0.15, 0.2) is 36.5 Å². The van der Waals surface area contributed by atoms with Gasteiger partial charge in [-0.3, -0.25) is 9.78 Å². The number of para-hydroxylation sites is 1. The third kappa shape index (κ3) is 2.59. The molecule has 4 nitrogen and oxygen atoms in total. The number of aromatic nitrogens is 1. The highest BCUT2D eigenvalue weighted by atomic mass is 16.2. The molecule has 2 aromatic rings. The minimum atomic E-state index is 0.158. The monoisotopic (exact) mass is 335 g/mol. The van der Waals surface area contributed by atoms with E-state index in [9.17, 15) is 4.79 Å². The summed E-state index contributed by atoms with van der Waals surface area (Å²) in [5.74, 6) is 2.12. The third-order valence-electron chi connectivity index (χ3n) is 6.54. The van der Waals surface area contributed by atoms with Crippen molar-refractivity contribution in [1.29, 1.82) is 0 Å². The maximum absolute atomic E-state index is 13.0. The zero-order valence-corrected chi connectivity index (χ0v) is 14.6. The van der Waals surface area contributed by atoms with Crippen LogP contribution in [-0.2, 0) is 4.79 Å². The molecule has 0 bridgehead atoms. The van der Waals surface area contributed by atoms with Gasteiger partial charge < -0.3 is 9.80 Å². The number of likely N-dealkylation sites (tertiary alicyclic amines) is 1. The Morgan fingerprint density at radius 1 is 1.00 bits per heavy atom. The lowest BCUT2D eigenvalue weighted by Gasteiger charge is -2.23. The number of carbonyl (C=O) groups excluding carboxylic acids is 1. The largest absolute Gasteiger partial charge is 0.370 e. The van der Waals surface area contributed by atoms with Gasteiger partial charge in [0.25, 0.3) is 0 Å². The zero-order chi connectivity index (χ0) is 16.8. The maximum Gasteiger partial charge on any atom is 0.227 e. The van der Waals surface area contributed by atoms with Gasteiger partial charge in [-0.05, 0) is 43.2 Å². The molecule has 1 saturated carbocycles. The van der Waals surface area contributed by atoms with Gasteiger partial charge in [0, 0.05) is 43.4 Å². The smallest absolute Gasteiger partial charge is 0.227 e. The number of carbonyl (C=O) groups is 1. The Bertz CT molecular complexity index is 787. The summed E-state index contributed by atoms with van der Waals surface area (Å²) in [4.78, 5) is 22.0. The van der Waals surface area contributed by atoms with Gasteiger partial charge in [-0.1, -0.05) is 24.6 Å². The minimum absolute atomic E-state index is 0.158. The van der Waals surface area contributed by atoms with Crippen LogP contribution < -0.4 is 4.90 Å². The highest BCUT2D eigenvalue weighted by Gasteiger charge is 2.41. The quantitative estimate of drug-likeness (QED) is 0.845. The number of hydrogen-bond donors (Lipinski definition) is 0. The Hall–Kier alpha value is -2.10. The molecule has 130 valence electrons. The van der Waals surface area contributed by atoms with E-state index in [-0.39, 0.29) is 5.92 Å². The first-order chi connectivity index (χ1) is 12.3. The fourth-order valence-corrected chi connectivity index (χ4v) is 5.21. The summed E-state index contributed by atoms with van der Waals surface area (Å²) in [6.45, 7) is 3.83. The number of anilines is 1. The van der Waals surface area contributed by atoms with E-state index in [1.54, 1.807) is 0 Å². The van der Waals surface area contributed by atoms with Crippen molar-refractivity contribution in [3.05, 3.63) is 36.5 Å². The SMILES string of the molecule is O=C(C1CCN(c2ccnc3ccccc23)C1)N1CC2CCCC2C1. The summed E-state index contributed by atoms with van der Waals surface area (Å²) in [5.41, 5.74) is 2.25. The molecular weight excluding hydrogens is 310 g/mol. The minimum Gasteiger partial charge on any atom is -0.370 e. The number of pyridine rings is 1. The topological polar surface area (TPSA) is 36.4 Å². The lowest BCUT2D eigenvalue weighted by Crippen LogP contribution is -2.36. The van der Waals surface area contributed by atoms with Gasteiger partial charge >= 0.3 is 0 Å². The number of amides is 1. The Kier molecular flexibility index (Phi) is 3.65. The van der Waals surface area contributed by atoms with Crippen LogP contribution in [0.2, 0.25) is 0 Å². The fourth-order valence-electron chi connectivity index (χ4n) is 5.21. The molecule has 1 aromatic carbocycles. The van der Waals surface area contributed by atoms with Crippen molar-refractivity contribution < 1.29 is 4.79 Å². The van der Waals surface area contributed by atoms with Gasteiger partial charge in [-0.2, -0.15) is 0 Å². The molecule has 5 rings (SSSR count). The van der Waals surface area contributed by atoms with Crippen molar-refractivity contribution in [1.82, 2.24) is 9.88 Å². The third-order valence-corrected chi connectivity index (χ3v) is 6.54. The Morgan fingerprint density at radius 2 is 1.80 bits per heavy atom. The van der Waals surface area contributed by atoms with Crippen LogP contribution in [0.4, 0.5) is 5.69 Å². The molecule has 1 aliphatic carbocycles. The Morgan fingerprint density at radius 3 is 2.64 bits per heavy atom. The van der Waals surface area contributed by atoms with Crippen LogP contribution >= 0.6 is 0 Å². The molecule has 3 heterocycles. The second-order valence-corrected chi connectivity index (χ2v) is 7.97. The molecule has 1 aromatic heterocycles. The standard InChI is InChI=1S/C21H25N3O/c25-21(24-12-15-4-3-5-16(15)13-24)17-9-11-23(14-17)20-8-10-22-19-7-2-1-6-18(19)20/h1-2,6-8,10,15-17H,3-5,9,11-14H2. The van der Waals surface area contributed by atoms with Crippen LogP contribution in [0.3, 0.4) is 0 Å². The average molecular weight is 335 g/mol. The number of fused-ring (bicyclic) bond motifs is 2. The van der Waals surface area contributed by atoms with E-state index in [0.717, 1.165) is 50.0 Å². The van der Waals surface area contributed by atoms with E-state index in [2.05, 4.69) is 39.0 Å². The van der Waals surface area contributed by atoms with E-state index in [0.29, 0.717) is 5.91 Å². The molecule has 1 amide bonds. The number of hydrogen-bond acceptors (Lipinski definition) is 3. The Balaban J connectivity index is 1.32. The lowest BCUT2D eigenvalue weighted by atomic mass is 10.0. The van der Waals surface area contributed by atoms with Crippen molar-refractivity contribution >= 4 is 22.5 Å². The van der Waals surface area contributed by atoms with E-state index in [1.807, 2.05) is 12.3 Å². The second-order valence-electron chi connectivity index (χ2n) is 7.97. The molecule has 3 fully saturated rings. The van der Waals surface area contributed by atoms with E-state index >= 15 is 0 Å². The first-order valence-corrected chi connectivity index (χ1v) is 9.67. The molecule has 3 unspecified atom stereocenters. The van der Waals surface area contributed by atoms with Crippen LogP contribution in [0.1, 0.15) is 25.7 Å². The van der Waals surface area contributed by atoms with Gasteiger partial charge in [0.05, 0.1) is 11.4 Å². The number of benzene rings is 1. The first-order valence-electron chi connectivity index (χ1n) is 9.67. The maximum atomic E-state index is 13.0. The first kappa shape index (κ1) is 15.2. The normalized spacial score (nSPS) is 28.7. The lowest BCUT2D eigenvalue weighted by molar-refractivity contribution is -0.134. The average Bonchev–Trinajstić information content (AvgIpc) is 3.36. The molecule has 2 aliphatic heterocycles. The molecule has 0 N–H and O–H groups in total. The van der Waals surface area contributed by atoms with Crippen LogP contribution in [0.25, 0.3) is 10.9 Å². The molecule has 4 heteroatoms. The van der Waals surface area contributed by atoms with Gasteiger partial charge in [0.1, 0.15) is 0 Å². The summed E-state index contributed by atoms with van der Waals surface area (Å²) in [6.07, 6.45) is 6.88.